The fourth-order valence-corrected chi connectivity index (χ4v) is 3.62. The van der Waals surface area contributed by atoms with Gasteiger partial charge in [-0.2, -0.15) is 0 Å². The third-order valence-electron chi connectivity index (χ3n) is 4.42. The number of carbonyl (C=O) groups excluding carboxylic acids is 1. The van der Waals surface area contributed by atoms with Crippen LogP contribution in [-0.4, -0.2) is 28.9 Å². The average molecular weight is 268 g/mol. The lowest BCUT2D eigenvalue weighted by atomic mass is 9.61. The van der Waals surface area contributed by atoms with Crippen molar-refractivity contribution in [1.82, 2.24) is 4.90 Å². The Hall–Kier alpha value is -0.640. The Kier molecular flexibility index (Phi) is 4.25. The van der Waals surface area contributed by atoms with E-state index in [9.17, 15) is 4.79 Å². The van der Waals surface area contributed by atoms with E-state index >= 15 is 0 Å². The Morgan fingerprint density at radius 1 is 1.17 bits per heavy atom. The van der Waals surface area contributed by atoms with Crippen molar-refractivity contribution in [3.63, 3.8) is 0 Å². The Labute approximate surface area is 115 Å². The molecular formula is C14H24N2OS. The van der Waals surface area contributed by atoms with Crippen molar-refractivity contribution in [2.45, 2.75) is 51.9 Å². The molecule has 0 unspecified atom stereocenters. The van der Waals surface area contributed by atoms with Crippen LogP contribution >= 0.6 is 12.2 Å². The summed E-state index contributed by atoms with van der Waals surface area (Å²) < 4.78 is 0. The standard InChI is InChI=1S/C14H24N2OS/c1-11-9-14(10-11,12(15)18)13(17)16-7-5-3-2-4-6-8-16/h11H,2-10H2,1H3,(H2,15,18). The normalized spacial score (nSPS) is 33.2. The van der Waals surface area contributed by atoms with Gasteiger partial charge in [-0.15, -0.1) is 0 Å². The largest absolute Gasteiger partial charge is 0.392 e. The monoisotopic (exact) mass is 268 g/mol. The highest BCUT2D eigenvalue weighted by Crippen LogP contribution is 2.47. The number of likely N-dealkylation sites (tertiary alicyclic amines) is 1. The number of amides is 1. The van der Waals surface area contributed by atoms with E-state index in [1.165, 1.54) is 19.3 Å². The quantitative estimate of drug-likeness (QED) is 0.783. The van der Waals surface area contributed by atoms with Crippen LogP contribution in [0.15, 0.2) is 0 Å². The summed E-state index contributed by atoms with van der Waals surface area (Å²) >= 11 is 5.17. The Morgan fingerprint density at radius 2 is 1.67 bits per heavy atom. The van der Waals surface area contributed by atoms with Gasteiger partial charge in [-0.1, -0.05) is 38.4 Å². The molecular weight excluding hydrogens is 244 g/mol. The minimum absolute atomic E-state index is 0.204. The molecule has 3 nitrogen and oxygen atoms in total. The maximum atomic E-state index is 12.7. The summed E-state index contributed by atoms with van der Waals surface area (Å²) in [5.41, 5.74) is 5.35. The first-order chi connectivity index (χ1) is 8.56. The van der Waals surface area contributed by atoms with Gasteiger partial charge in [-0.3, -0.25) is 4.79 Å². The summed E-state index contributed by atoms with van der Waals surface area (Å²) in [6.45, 7) is 3.94. The van der Waals surface area contributed by atoms with E-state index in [1.807, 2.05) is 4.90 Å². The molecule has 1 aliphatic carbocycles. The molecule has 102 valence electrons. The molecule has 2 N–H and O–H groups in total. The molecule has 1 aliphatic heterocycles. The number of hydrogen-bond acceptors (Lipinski definition) is 2. The topological polar surface area (TPSA) is 46.3 Å². The number of nitrogens with two attached hydrogens (primary N) is 1. The van der Waals surface area contributed by atoms with E-state index in [0.29, 0.717) is 10.9 Å². The Morgan fingerprint density at radius 3 is 2.11 bits per heavy atom. The number of rotatable bonds is 2. The van der Waals surface area contributed by atoms with Crippen LogP contribution in [0.25, 0.3) is 0 Å². The smallest absolute Gasteiger partial charge is 0.235 e. The first-order valence-electron chi connectivity index (χ1n) is 7.15. The van der Waals surface area contributed by atoms with E-state index in [1.54, 1.807) is 0 Å². The highest BCUT2D eigenvalue weighted by Gasteiger charge is 2.52. The van der Waals surface area contributed by atoms with Gasteiger partial charge in [0, 0.05) is 13.1 Å². The number of hydrogen-bond donors (Lipinski definition) is 1. The molecule has 4 heteroatoms. The minimum Gasteiger partial charge on any atom is -0.392 e. The summed E-state index contributed by atoms with van der Waals surface area (Å²) in [5, 5.41) is 0. The number of thiocarbonyl (C=S) groups is 1. The van der Waals surface area contributed by atoms with E-state index in [-0.39, 0.29) is 5.91 Å². The molecule has 0 aromatic rings. The highest BCUT2D eigenvalue weighted by atomic mass is 32.1. The van der Waals surface area contributed by atoms with Gasteiger partial charge in [0.2, 0.25) is 5.91 Å². The minimum atomic E-state index is -0.506. The molecule has 1 saturated heterocycles. The molecule has 18 heavy (non-hydrogen) atoms. The van der Waals surface area contributed by atoms with Crippen LogP contribution in [0.3, 0.4) is 0 Å². The van der Waals surface area contributed by atoms with E-state index in [4.69, 9.17) is 18.0 Å². The second kappa shape index (κ2) is 5.55. The van der Waals surface area contributed by atoms with Crippen molar-refractivity contribution in [2.75, 3.05) is 13.1 Å². The molecule has 2 aliphatic rings. The maximum absolute atomic E-state index is 12.7. The predicted molar refractivity (Wildman–Crippen MR) is 77.3 cm³/mol. The maximum Gasteiger partial charge on any atom is 0.235 e. The summed E-state index contributed by atoms with van der Waals surface area (Å²) in [5.74, 6) is 0.778. The third kappa shape index (κ3) is 2.53. The molecule has 1 saturated carbocycles. The lowest BCUT2D eigenvalue weighted by Crippen LogP contribution is -2.57. The molecule has 0 atom stereocenters. The van der Waals surface area contributed by atoms with Crippen molar-refractivity contribution in [3.8, 4) is 0 Å². The fourth-order valence-electron chi connectivity index (χ4n) is 3.36. The molecule has 0 bridgehead atoms. The van der Waals surface area contributed by atoms with Crippen LogP contribution in [0, 0.1) is 11.3 Å². The SMILES string of the molecule is CC1CC(C(=O)N2CCCCCCC2)(C(N)=S)C1. The lowest BCUT2D eigenvalue weighted by Gasteiger charge is -2.47. The first kappa shape index (κ1) is 13.8. The molecule has 1 heterocycles. The van der Waals surface area contributed by atoms with Gasteiger partial charge in [0.05, 0.1) is 10.4 Å². The van der Waals surface area contributed by atoms with Crippen molar-refractivity contribution >= 4 is 23.1 Å². The molecule has 0 aromatic heterocycles. The van der Waals surface area contributed by atoms with Crippen molar-refractivity contribution in [1.29, 1.82) is 0 Å². The van der Waals surface area contributed by atoms with Crippen LogP contribution in [0.2, 0.25) is 0 Å². The van der Waals surface area contributed by atoms with Crippen LogP contribution < -0.4 is 5.73 Å². The number of carbonyl (C=O) groups is 1. The fraction of sp³-hybridized carbons (Fsp3) is 0.857. The van der Waals surface area contributed by atoms with Gasteiger partial charge in [0.25, 0.3) is 0 Å². The molecule has 0 spiro atoms. The van der Waals surface area contributed by atoms with Gasteiger partial charge in [-0.25, -0.2) is 0 Å². The van der Waals surface area contributed by atoms with Crippen molar-refractivity contribution in [3.05, 3.63) is 0 Å². The molecule has 0 radical (unpaired) electrons. The van der Waals surface area contributed by atoms with Crippen LogP contribution in [0.5, 0.6) is 0 Å². The molecule has 0 aromatic carbocycles. The second-order valence-corrected chi connectivity index (χ2v) is 6.46. The first-order valence-corrected chi connectivity index (χ1v) is 7.56. The predicted octanol–water partition coefficient (Wildman–Crippen LogP) is 2.48. The zero-order valence-electron chi connectivity index (χ0n) is 11.3. The number of nitrogens with zero attached hydrogens (tertiary/aromatic N) is 1. The molecule has 1 amide bonds. The van der Waals surface area contributed by atoms with Gasteiger partial charge in [-0.05, 0) is 31.6 Å². The lowest BCUT2D eigenvalue weighted by molar-refractivity contribution is -0.144. The zero-order valence-corrected chi connectivity index (χ0v) is 12.1. The summed E-state index contributed by atoms with van der Waals surface area (Å²) in [6.07, 6.45) is 7.71. The summed E-state index contributed by atoms with van der Waals surface area (Å²) in [7, 11) is 0. The van der Waals surface area contributed by atoms with Gasteiger partial charge in [0.15, 0.2) is 0 Å². The van der Waals surface area contributed by atoms with Crippen molar-refractivity contribution < 1.29 is 4.79 Å². The van der Waals surface area contributed by atoms with Gasteiger partial charge in [0.1, 0.15) is 0 Å². The average Bonchev–Trinajstić information content (AvgIpc) is 2.22. The van der Waals surface area contributed by atoms with Gasteiger partial charge >= 0.3 is 0 Å². The van der Waals surface area contributed by atoms with Crippen molar-refractivity contribution in [2.24, 2.45) is 17.1 Å². The summed E-state index contributed by atoms with van der Waals surface area (Å²) in [6, 6.07) is 0. The zero-order chi connectivity index (χ0) is 13.2. The van der Waals surface area contributed by atoms with Crippen LogP contribution in [0.4, 0.5) is 0 Å². The van der Waals surface area contributed by atoms with Crippen LogP contribution in [0.1, 0.15) is 51.9 Å². The Balaban J connectivity index is 2.05. The van der Waals surface area contributed by atoms with E-state index in [0.717, 1.165) is 38.8 Å². The van der Waals surface area contributed by atoms with Gasteiger partial charge < -0.3 is 10.6 Å². The van der Waals surface area contributed by atoms with Crippen LogP contribution in [-0.2, 0) is 4.79 Å². The second-order valence-electron chi connectivity index (χ2n) is 6.02. The Bertz CT molecular complexity index is 329. The molecule has 2 fully saturated rings. The third-order valence-corrected chi connectivity index (χ3v) is 4.81. The summed E-state index contributed by atoms with van der Waals surface area (Å²) in [4.78, 5) is 15.1. The van der Waals surface area contributed by atoms with E-state index < -0.39 is 5.41 Å². The highest BCUT2D eigenvalue weighted by molar-refractivity contribution is 7.80. The molecule has 2 rings (SSSR count). The van der Waals surface area contributed by atoms with E-state index in [2.05, 4.69) is 6.92 Å².